The number of nitrogens with zero attached hydrogens (tertiary/aromatic N) is 1. The van der Waals surface area contributed by atoms with Crippen LogP contribution in [0.1, 0.15) is 5.56 Å². The molecule has 0 bridgehead atoms. The number of anilines is 1. The van der Waals surface area contributed by atoms with Gasteiger partial charge in [-0.2, -0.15) is 8.78 Å². The lowest BCUT2D eigenvalue weighted by Gasteiger charge is -2.15. The molecule has 2 rings (SSSR count). The molecule has 0 saturated carbocycles. The average Bonchev–Trinajstić information content (AvgIpc) is 2.71. The normalized spacial score (nSPS) is 11.6. The minimum absolute atomic E-state index is 0.264. The van der Waals surface area contributed by atoms with E-state index in [0.717, 1.165) is 6.20 Å². The zero-order valence-electron chi connectivity index (χ0n) is 15.5. The Morgan fingerprint density at radius 3 is 2.48 bits per heavy atom. The monoisotopic (exact) mass is 414 g/mol. The SMILES string of the molecule is COc1ccc(C=CC(=O)Nc2ccc(OCC(F)(F)C(F)F)nc2)cc1OC. The van der Waals surface area contributed by atoms with Gasteiger partial charge in [0, 0.05) is 12.1 Å². The first-order chi connectivity index (χ1) is 13.7. The lowest BCUT2D eigenvalue weighted by Crippen LogP contribution is -2.33. The molecule has 1 heterocycles. The Bertz CT molecular complexity index is 858. The van der Waals surface area contributed by atoms with Crippen LogP contribution in [0, 0.1) is 0 Å². The summed E-state index contributed by atoms with van der Waals surface area (Å²) in [7, 11) is 3.00. The van der Waals surface area contributed by atoms with Crippen LogP contribution < -0.4 is 19.5 Å². The Kier molecular flexibility index (Phi) is 7.40. The Morgan fingerprint density at radius 1 is 1.17 bits per heavy atom. The summed E-state index contributed by atoms with van der Waals surface area (Å²) in [6.45, 7) is -1.50. The summed E-state index contributed by atoms with van der Waals surface area (Å²) >= 11 is 0. The van der Waals surface area contributed by atoms with E-state index in [1.165, 1.54) is 32.4 Å². The molecular weight excluding hydrogens is 396 g/mol. The molecule has 1 amide bonds. The number of halogens is 4. The van der Waals surface area contributed by atoms with Crippen molar-refractivity contribution in [2.75, 3.05) is 26.1 Å². The highest BCUT2D eigenvalue weighted by Gasteiger charge is 2.41. The number of alkyl halides is 4. The number of aromatic nitrogens is 1. The van der Waals surface area contributed by atoms with E-state index in [1.54, 1.807) is 24.3 Å². The molecule has 0 aliphatic rings. The summed E-state index contributed by atoms with van der Waals surface area (Å²) in [5, 5.41) is 2.51. The summed E-state index contributed by atoms with van der Waals surface area (Å²) in [4.78, 5) is 15.7. The van der Waals surface area contributed by atoms with Gasteiger partial charge in [0.1, 0.15) is 0 Å². The molecule has 0 unspecified atom stereocenters. The van der Waals surface area contributed by atoms with E-state index in [1.807, 2.05) is 0 Å². The summed E-state index contributed by atoms with van der Waals surface area (Å²) in [6, 6.07) is 7.62. The summed E-state index contributed by atoms with van der Waals surface area (Å²) in [5.41, 5.74) is 0.958. The molecule has 0 saturated heterocycles. The minimum Gasteiger partial charge on any atom is -0.493 e. The Hall–Kier alpha value is -3.30. The molecule has 10 heteroatoms. The van der Waals surface area contributed by atoms with Crippen molar-refractivity contribution in [3.63, 3.8) is 0 Å². The molecule has 1 aromatic carbocycles. The maximum Gasteiger partial charge on any atom is 0.340 e. The third-order valence-corrected chi connectivity index (χ3v) is 3.57. The highest BCUT2D eigenvalue weighted by molar-refractivity contribution is 6.01. The second-order valence-corrected chi connectivity index (χ2v) is 5.67. The highest BCUT2D eigenvalue weighted by atomic mass is 19.3. The van der Waals surface area contributed by atoms with Gasteiger partial charge >= 0.3 is 12.3 Å². The van der Waals surface area contributed by atoms with Crippen LogP contribution in [0.2, 0.25) is 0 Å². The topological polar surface area (TPSA) is 69.7 Å². The van der Waals surface area contributed by atoms with Crippen molar-refractivity contribution in [1.29, 1.82) is 0 Å². The number of ether oxygens (including phenoxy) is 3. The zero-order valence-corrected chi connectivity index (χ0v) is 15.5. The fourth-order valence-corrected chi connectivity index (χ4v) is 2.09. The number of rotatable bonds is 9. The van der Waals surface area contributed by atoms with Crippen LogP contribution in [0.15, 0.2) is 42.6 Å². The van der Waals surface area contributed by atoms with E-state index >= 15 is 0 Å². The molecule has 156 valence electrons. The number of pyridine rings is 1. The molecule has 2 aromatic rings. The van der Waals surface area contributed by atoms with Gasteiger partial charge in [0.25, 0.3) is 0 Å². The van der Waals surface area contributed by atoms with Crippen LogP contribution in [0.5, 0.6) is 17.4 Å². The molecule has 6 nitrogen and oxygen atoms in total. The maximum absolute atomic E-state index is 12.8. The van der Waals surface area contributed by atoms with E-state index in [-0.39, 0.29) is 11.6 Å². The Morgan fingerprint density at radius 2 is 1.90 bits per heavy atom. The average molecular weight is 414 g/mol. The molecule has 0 aliphatic heterocycles. The Balaban J connectivity index is 1.93. The molecule has 0 radical (unpaired) electrons. The van der Waals surface area contributed by atoms with Crippen LogP contribution in [0.25, 0.3) is 6.08 Å². The first kappa shape index (κ1) is 22.0. The van der Waals surface area contributed by atoms with E-state index in [0.29, 0.717) is 17.1 Å². The number of nitrogens with one attached hydrogen (secondary N) is 1. The van der Waals surface area contributed by atoms with Gasteiger partial charge in [-0.25, -0.2) is 13.8 Å². The van der Waals surface area contributed by atoms with Gasteiger partial charge in [0.05, 0.1) is 26.1 Å². The molecule has 0 atom stereocenters. The van der Waals surface area contributed by atoms with Crippen LogP contribution in [-0.2, 0) is 4.79 Å². The Labute approximate surface area is 164 Å². The maximum atomic E-state index is 12.8. The van der Waals surface area contributed by atoms with Gasteiger partial charge in [-0.05, 0) is 29.8 Å². The van der Waals surface area contributed by atoms with Crippen LogP contribution >= 0.6 is 0 Å². The van der Waals surface area contributed by atoms with E-state index in [2.05, 4.69) is 15.0 Å². The van der Waals surface area contributed by atoms with Crippen molar-refractivity contribution in [2.24, 2.45) is 0 Å². The number of carbonyl (C=O) groups is 1. The quantitative estimate of drug-likeness (QED) is 0.496. The van der Waals surface area contributed by atoms with Crippen LogP contribution in [0.4, 0.5) is 23.2 Å². The van der Waals surface area contributed by atoms with Crippen LogP contribution in [0.3, 0.4) is 0 Å². The number of methoxy groups -OCH3 is 2. The molecule has 0 spiro atoms. The number of benzene rings is 1. The summed E-state index contributed by atoms with van der Waals surface area (Å²) in [6.07, 6.45) is 0.139. The van der Waals surface area contributed by atoms with E-state index in [4.69, 9.17) is 9.47 Å². The number of hydrogen-bond donors (Lipinski definition) is 1. The fraction of sp³-hybridized carbons (Fsp3) is 0.263. The van der Waals surface area contributed by atoms with Gasteiger partial charge in [-0.1, -0.05) is 6.07 Å². The van der Waals surface area contributed by atoms with Crippen molar-refractivity contribution in [2.45, 2.75) is 12.3 Å². The van der Waals surface area contributed by atoms with E-state index < -0.39 is 24.9 Å². The van der Waals surface area contributed by atoms with Crippen molar-refractivity contribution in [3.8, 4) is 17.4 Å². The summed E-state index contributed by atoms with van der Waals surface area (Å²) in [5.74, 6) is -3.96. The number of amides is 1. The smallest absolute Gasteiger partial charge is 0.340 e. The third-order valence-electron chi connectivity index (χ3n) is 3.57. The van der Waals surface area contributed by atoms with Gasteiger partial charge in [0.15, 0.2) is 18.1 Å². The zero-order chi connectivity index (χ0) is 21.4. The van der Waals surface area contributed by atoms with Crippen molar-refractivity contribution in [1.82, 2.24) is 4.98 Å². The van der Waals surface area contributed by atoms with Gasteiger partial charge in [-0.3, -0.25) is 4.79 Å². The number of hydrogen-bond acceptors (Lipinski definition) is 5. The first-order valence-corrected chi connectivity index (χ1v) is 8.21. The van der Waals surface area contributed by atoms with Crippen molar-refractivity contribution >= 4 is 17.7 Å². The van der Waals surface area contributed by atoms with Gasteiger partial charge < -0.3 is 19.5 Å². The predicted octanol–water partition coefficient (Wildman–Crippen LogP) is 4.03. The highest BCUT2D eigenvalue weighted by Crippen LogP contribution is 2.28. The molecule has 1 aromatic heterocycles. The lowest BCUT2D eigenvalue weighted by atomic mass is 10.2. The molecule has 1 N–H and O–H groups in total. The standard InChI is InChI=1S/C19H18F4N2O4/c1-27-14-6-3-12(9-15(14)28-2)4-7-16(26)25-13-5-8-17(24-10-13)29-11-19(22,23)18(20)21/h3-10,18H,11H2,1-2H3,(H,25,26). The fourth-order valence-electron chi connectivity index (χ4n) is 2.09. The molecule has 29 heavy (non-hydrogen) atoms. The molecular formula is C19H18F4N2O4. The summed E-state index contributed by atoms with van der Waals surface area (Å²) < 4.78 is 64.6. The van der Waals surface area contributed by atoms with Crippen molar-refractivity contribution in [3.05, 3.63) is 48.2 Å². The first-order valence-electron chi connectivity index (χ1n) is 8.21. The largest absolute Gasteiger partial charge is 0.493 e. The lowest BCUT2D eigenvalue weighted by molar-refractivity contribution is -0.148. The predicted molar refractivity (Wildman–Crippen MR) is 97.9 cm³/mol. The second-order valence-electron chi connectivity index (χ2n) is 5.67. The molecule has 0 fully saturated rings. The van der Waals surface area contributed by atoms with Crippen LogP contribution in [-0.4, -0.2) is 44.1 Å². The minimum atomic E-state index is -4.27. The van der Waals surface area contributed by atoms with Gasteiger partial charge in [0.2, 0.25) is 11.8 Å². The second kappa shape index (κ2) is 9.76. The third kappa shape index (κ3) is 6.37. The molecule has 0 aliphatic carbocycles. The number of carbonyl (C=O) groups excluding carboxylic acids is 1. The van der Waals surface area contributed by atoms with Crippen molar-refractivity contribution < 1.29 is 36.6 Å². The van der Waals surface area contributed by atoms with Gasteiger partial charge in [-0.15, -0.1) is 0 Å². The van der Waals surface area contributed by atoms with E-state index in [9.17, 15) is 22.4 Å².